The Kier molecular flexibility index (Phi) is 7.70. The van der Waals surface area contributed by atoms with Gasteiger partial charge in [0.15, 0.2) is 0 Å². The fraction of sp³-hybridized carbons (Fsp3) is 0.0526. The predicted octanol–water partition coefficient (Wildman–Crippen LogP) is 8.96. The molecule has 0 saturated carbocycles. The summed E-state index contributed by atoms with van der Waals surface area (Å²) in [6, 6.07) is 48.6. The number of aromatic amines is 2. The summed E-state index contributed by atoms with van der Waals surface area (Å²) in [5, 5.41) is 15.8. The van der Waals surface area contributed by atoms with Crippen LogP contribution in [0.3, 0.4) is 0 Å². The Labute approximate surface area is 256 Å². The maximum atomic E-state index is 6.03. The number of rotatable bonds is 10. The second kappa shape index (κ2) is 12.5. The van der Waals surface area contributed by atoms with Crippen LogP contribution in [0.25, 0.3) is 45.0 Å². The Balaban J connectivity index is 1.10. The van der Waals surface area contributed by atoms with Crippen LogP contribution in [0.1, 0.15) is 11.1 Å². The number of H-pyrrole nitrogens is 2. The number of ether oxygens (including phenoxy) is 2. The molecular formula is C38H30N4O2. The van der Waals surface area contributed by atoms with Gasteiger partial charge in [0.1, 0.15) is 24.7 Å². The van der Waals surface area contributed by atoms with Crippen molar-refractivity contribution in [2.45, 2.75) is 13.2 Å². The Morgan fingerprint density at radius 3 is 1.34 bits per heavy atom. The van der Waals surface area contributed by atoms with Gasteiger partial charge in [0.2, 0.25) is 0 Å². The molecule has 0 spiro atoms. The molecule has 6 heteroatoms. The van der Waals surface area contributed by atoms with E-state index in [9.17, 15) is 0 Å². The van der Waals surface area contributed by atoms with Gasteiger partial charge >= 0.3 is 0 Å². The monoisotopic (exact) mass is 574 g/mol. The molecule has 0 aliphatic carbocycles. The molecule has 2 heterocycles. The lowest BCUT2D eigenvalue weighted by Crippen LogP contribution is -1.97. The fourth-order valence-corrected chi connectivity index (χ4v) is 5.23. The molecule has 0 radical (unpaired) electrons. The number of benzene rings is 5. The first kappa shape index (κ1) is 27.0. The number of nitrogens with zero attached hydrogens (tertiary/aromatic N) is 2. The largest absolute Gasteiger partial charge is 0.489 e. The third-order valence-corrected chi connectivity index (χ3v) is 7.50. The van der Waals surface area contributed by atoms with Gasteiger partial charge in [0, 0.05) is 22.3 Å². The Morgan fingerprint density at radius 1 is 0.432 bits per heavy atom. The number of hydrogen-bond acceptors (Lipinski definition) is 4. The third kappa shape index (κ3) is 6.01. The quantitative estimate of drug-likeness (QED) is 0.171. The van der Waals surface area contributed by atoms with Gasteiger partial charge in [-0.15, -0.1) is 0 Å². The highest BCUT2D eigenvalue weighted by Crippen LogP contribution is 2.31. The summed E-state index contributed by atoms with van der Waals surface area (Å²) in [6.07, 6.45) is 0. The Hall–Kier alpha value is -5.88. The summed E-state index contributed by atoms with van der Waals surface area (Å²) >= 11 is 0. The summed E-state index contributed by atoms with van der Waals surface area (Å²) < 4.78 is 12.1. The van der Waals surface area contributed by atoms with E-state index in [0.717, 1.165) is 67.7 Å². The van der Waals surface area contributed by atoms with Crippen molar-refractivity contribution in [3.63, 3.8) is 0 Å². The molecular weight excluding hydrogens is 544 g/mol. The lowest BCUT2D eigenvalue weighted by molar-refractivity contribution is 0.306. The highest BCUT2D eigenvalue weighted by Gasteiger charge is 2.13. The van der Waals surface area contributed by atoms with Crippen molar-refractivity contribution in [1.29, 1.82) is 0 Å². The topological polar surface area (TPSA) is 75.8 Å². The minimum atomic E-state index is 0.465. The smallest absolute Gasteiger partial charge is 0.119 e. The van der Waals surface area contributed by atoms with Crippen LogP contribution in [-0.2, 0) is 13.2 Å². The predicted molar refractivity (Wildman–Crippen MR) is 174 cm³/mol. The maximum Gasteiger partial charge on any atom is 0.119 e. The summed E-state index contributed by atoms with van der Waals surface area (Å²) in [6.45, 7) is 0.931. The molecule has 7 aromatic rings. The molecule has 0 amide bonds. The van der Waals surface area contributed by atoms with Crippen LogP contribution in [-0.4, -0.2) is 20.4 Å². The lowest BCUT2D eigenvalue weighted by atomic mass is 10.0. The third-order valence-electron chi connectivity index (χ3n) is 7.50. The summed E-state index contributed by atoms with van der Waals surface area (Å²) in [5.74, 6) is 1.69. The van der Waals surface area contributed by atoms with Crippen molar-refractivity contribution < 1.29 is 9.47 Å². The first-order valence-corrected chi connectivity index (χ1v) is 14.5. The molecule has 214 valence electrons. The molecule has 2 aromatic heterocycles. The molecule has 0 fully saturated rings. The molecule has 5 aromatic carbocycles. The van der Waals surface area contributed by atoms with Crippen LogP contribution < -0.4 is 9.47 Å². The molecule has 0 atom stereocenters. The first-order chi connectivity index (χ1) is 21.8. The van der Waals surface area contributed by atoms with E-state index >= 15 is 0 Å². The highest BCUT2D eigenvalue weighted by molar-refractivity contribution is 5.76. The van der Waals surface area contributed by atoms with Crippen LogP contribution in [0.4, 0.5) is 0 Å². The van der Waals surface area contributed by atoms with E-state index in [4.69, 9.17) is 9.47 Å². The van der Waals surface area contributed by atoms with E-state index in [2.05, 4.69) is 75.0 Å². The molecule has 0 aliphatic rings. The summed E-state index contributed by atoms with van der Waals surface area (Å²) in [7, 11) is 0. The van der Waals surface area contributed by atoms with Crippen molar-refractivity contribution in [1.82, 2.24) is 20.4 Å². The van der Waals surface area contributed by atoms with Gasteiger partial charge in [0.05, 0.1) is 22.8 Å². The van der Waals surface area contributed by atoms with Gasteiger partial charge < -0.3 is 9.47 Å². The molecule has 0 bridgehead atoms. The second-order valence-electron chi connectivity index (χ2n) is 10.4. The molecule has 0 aliphatic heterocycles. The standard InChI is InChI=1S/C38H30N4O2/c1-3-16-31(17-4-1)43-25-29-12-7-9-20-33(29)37-23-35(39-41-37)27-14-11-15-28(22-27)36-24-38(42-40-36)34-21-10-8-13-30(34)26-44-32-18-5-2-6-19-32/h1-24H,25-26H2,(H,39,41)(H,40,42). The zero-order valence-electron chi connectivity index (χ0n) is 24.0. The van der Waals surface area contributed by atoms with Gasteiger partial charge in [-0.3, -0.25) is 10.2 Å². The summed E-state index contributed by atoms with van der Waals surface area (Å²) in [5.41, 5.74) is 9.89. The molecule has 44 heavy (non-hydrogen) atoms. The minimum absolute atomic E-state index is 0.465. The Morgan fingerprint density at radius 2 is 0.864 bits per heavy atom. The van der Waals surface area contributed by atoms with Gasteiger partial charge in [0.25, 0.3) is 0 Å². The van der Waals surface area contributed by atoms with Crippen molar-refractivity contribution in [3.05, 3.63) is 157 Å². The Bertz CT molecular complexity index is 1840. The van der Waals surface area contributed by atoms with Crippen molar-refractivity contribution in [2.24, 2.45) is 0 Å². The molecule has 0 saturated heterocycles. The van der Waals surface area contributed by atoms with E-state index in [1.807, 2.05) is 91.0 Å². The van der Waals surface area contributed by atoms with Crippen molar-refractivity contribution >= 4 is 0 Å². The molecule has 6 nitrogen and oxygen atoms in total. The zero-order chi connectivity index (χ0) is 29.6. The average Bonchev–Trinajstić information content (AvgIpc) is 3.79. The van der Waals surface area contributed by atoms with Gasteiger partial charge in [-0.05, 0) is 53.6 Å². The van der Waals surface area contributed by atoms with Gasteiger partial charge in [-0.1, -0.05) is 103 Å². The fourth-order valence-electron chi connectivity index (χ4n) is 5.23. The van der Waals surface area contributed by atoms with Crippen LogP contribution in [0.2, 0.25) is 0 Å². The molecule has 0 unspecified atom stereocenters. The van der Waals surface area contributed by atoms with E-state index in [1.54, 1.807) is 0 Å². The molecule has 2 N–H and O–H groups in total. The van der Waals surface area contributed by atoms with Gasteiger partial charge in [-0.2, -0.15) is 10.2 Å². The normalized spacial score (nSPS) is 10.9. The van der Waals surface area contributed by atoms with E-state index in [1.165, 1.54) is 0 Å². The van der Waals surface area contributed by atoms with Crippen molar-refractivity contribution in [3.8, 4) is 56.5 Å². The minimum Gasteiger partial charge on any atom is -0.489 e. The van der Waals surface area contributed by atoms with Gasteiger partial charge in [-0.25, -0.2) is 0 Å². The van der Waals surface area contributed by atoms with E-state index in [0.29, 0.717) is 13.2 Å². The number of hydrogen-bond donors (Lipinski definition) is 2. The number of aromatic nitrogens is 4. The van der Waals surface area contributed by atoms with Crippen molar-refractivity contribution in [2.75, 3.05) is 0 Å². The van der Waals surface area contributed by atoms with Crippen LogP contribution in [0, 0.1) is 0 Å². The summed E-state index contributed by atoms with van der Waals surface area (Å²) in [4.78, 5) is 0. The van der Waals surface area contributed by atoms with Crippen LogP contribution >= 0.6 is 0 Å². The molecule has 7 rings (SSSR count). The second-order valence-corrected chi connectivity index (χ2v) is 10.4. The number of para-hydroxylation sites is 2. The van der Waals surface area contributed by atoms with Crippen LogP contribution in [0.15, 0.2) is 146 Å². The van der Waals surface area contributed by atoms with Crippen LogP contribution in [0.5, 0.6) is 11.5 Å². The van der Waals surface area contributed by atoms with E-state index in [-0.39, 0.29) is 0 Å². The SMILES string of the molecule is c1ccc(OCc2ccccc2-c2cc(-c3cccc(-c4cc(-c5ccccc5COc5ccccc5)[nH]n4)c3)n[nH]2)cc1. The number of nitrogens with one attached hydrogen (secondary N) is 2. The lowest BCUT2D eigenvalue weighted by Gasteiger charge is -2.10. The average molecular weight is 575 g/mol. The first-order valence-electron chi connectivity index (χ1n) is 14.5. The highest BCUT2D eigenvalue weighted by atomic mass is 16.5. The maximum absolute atomic E-state index is 6.03. The van der Waals surface area contributed by atoms with E-state index < -0.39 is 0 Å². The zero-order valence-corrected chi connectivity index (χ0v) is 24.0.